The van der Waals surface area contributed by atoms with Crippen LogP contribution in [0.5, 0.6) is 0 Å². The molecule has 0 radical (unpaired) electrons. The average molecular weight is 523 g/mol. The zero-order chi connectivity index (χ0) is 26.9. The molecule has 3 rings (SSSR count). The molecule has 0 amide bonds. The van der Waals surface area contributed by atoms with E-state index in [-0.39, 0.29) is 35.1 Å². The van der Waals surface area contributed by atoms with Crippen LogP contribution in [0.3, 0.4) is 0 Å². The molecular formula is C31H42O5Si. The quantitative estimate of drug-likeness (QED) is 0.177. The first kappa shape index (κ1) is 29.1. The van der Waals surface area contributed by atoms with Crippen molar-refractivity contribution in [3.8, 4) is 12.3 Å². The van der Waals surface area contributed by atoms with Crippen molar-refractivity contribution in [1.29, 1.82) is 0 Å². The molecule has 1 aliphatic rings. The first-order valence-corrected chi connectivity index (χ1v) is 15.2. The SMILES string of the molecule is C#CC[C@@H]1[C@@H](CO[Si](c2ccccc2)(c2ccccc2)C(C)(C)C)[C@H](OCCOCC)C[C@@H]1OC(C)=O. The number of esters is 1. The van der Waals surface area contributed by atoms with Crippen LogP contribution in [0.15, 0.2) is 60.7 Å². The number of benzene rings is 2. The molecule has 37 heavy (non-hydrogen) atoms. The van der Waals surface area contributed by atoms with Crippen LogP contribution in [0, 0.1) is 24.2 Å². The summed E-state index contributed by atoms with van der Waals surface area (Å²) in [6.45, 7) is 12.3. The van der Waals surface area contributed by atoms with Crippen molar-refractivity contribution in [1.82, 2.24) is 0 Å². The van der Waals surface area contributed by atoms with Crippen molar-refractivity contribution in [2.45, 2.75) is 64.7 Å². The van der Waals surface area contributed by atoms with Crippen molar-refractivity contribution in [3.63, 3.8) is 0 Å². The Morgan fingerprint density at radius 3 is 2.05 bits per heavy atom. The summed E-state index contributed by atoms with van der Waals surface area (Å²) in [6.07, 6.45) is 6.47. The minimum atomic E-state index is -2.74. The van der Waals surface area contributed by atoms with E-state index in [9.17, 15) is 4.79 Å². The summed E-state index contributed by atoms with van der Waals surface area (Å²) in [5, 5.41) is 2.31. The first-order valence-electron chi connectivity index (χ1n) is 13.3. The van der Waals surface area contributed by atoms with E-state index in [4.69, 9.17) is 25.1 Å². The van der Waals surface area contributed by atoms with Gasteiger partial charge in [-0.3, -0.25) is 4.79 Å². The molecule has 1 saturated carbocycles. The highest BCUT2D eigenvalue weighted by atomic mass is 28.4. The summed E-state index contributed by atoms with van der Waals surface area (Å²) in [5.41, 5.74) is 0. The molecule has 4 atom stereocenters. The molecule has 6 heteroatoms. The highest BCUT2D eigenvalue weighted by Crippen LogP contribution is 2.42. The van der Waals surface area contributed by atoms with Crippen molar-refractivity contribution in [2.24, 2.45) is 11.8 Å². The summed E-state index contributed by atoms with van der Waals surface area (Å²) in [5.74, 6) is 2.47. The number of ether oxygens (including phenoxy) is 3. The van der Waals surface area contributed by atoms with E-state index in [1.165, 1.54) is 17.3 Å². The molecule has 0 heterocycles. The van der Waals surface area contributed by atoms with Gasteiger partial charge in [0, 0.05) is 44.8 Å². The van der Waals surface area contributed by atoms with E-state index in [0.717, 1.165) is 0 Å². The van der Waals surface area contributed by atoms with Gasteiger partial charge in [-0.25, -0.2) is 0 Å². The van der Waals surface area contributed by atoms with E-state index in [0.29, 0.717) is 39.3 Å². The van der Waals surface area contributed by atoms with Crippen LogP contribution in [-0.2, 0) is 23.4 Å². The Labute approximate surface area is 224 Å². The number of terminal acetylenes is 1. The molecule has 2 aromatic carbocycles. The second-order valence-electron chi connectivity index (χ2n) is 10.7. The number of hydrogen-bond acceptors (Lipinski definition) is 5. The summed E-state index contributed by atoms with van der Waals surface area (Å²) in [6, 6.07) is 21.2. The third-order valence-electron chi connectivity index (χ3n) is 7.31. The lowest BCUT2D eigenvalue weighted by Crippen LogP contribution is -2.67. The van der Waals surface area contributed by atoms with Crippen LogP contribution in [0.2, 0.25) is 5.04 Å². The smallest absolute Gasteiger partial charge is 0.302 e. The fraction of sp³-hybridized carbons (Fsp3) is 0.516. The molecule has 0 unspecified atom stereocenters. The first-order chi connectivity index (χ1) is 17.7. The normalized spacial score (nSPS) is 21.9. The minimum absolute atomic E-state index is 0.0105. The molecule has 0 aliphatic heterocycles. The third-order valence-corrected chi connectivity index (χ3v) is 12.3. The van der Waals surface area contributed by atoms with E-state index < -0.39 is 8.32 Å². The lowest BCUT2D eigenvalue weighted by atomic mass is 9.91. The number of carbonyl (C=O) groups is 1. The second-order valence-corrected chi connectivity index (χ2v) is 15.0. The highest BCUT2D eigenvalue weighted by molar-refractivity contribution is 6.99. The van der Waals surface area contributed by atoms with Crippen molar-refractivity contribution in [3.05, 3.63) is 60.7 Å². The highest BCUT2D eigenvalue weighted by Gasteiger charge is 2.52. The van der Waals surface area contributed by atoms with Gasteiger partial charge in [0.2, 0.25) is 0 Å². The van der Waals surface area contributed by atoms with Gasteiger partial charge in [-0.1, -0.05) is 81.4 Å². The topological polar surface area (TPSA) is 54.0 Å². The summed E-state index contributed by atoms with van der Waals surface area (Å²) in [4.78, 5) is 11.9. The predicted octanol–water partition coefficient (Wildman–Crippen LogP) is 4.58. The standard InChI is InChI=1S/C31H42O5Si/c1-7-15-27-28(29(34-21-20-33-8-2)22-30(27)36-24(3)32)23-35-37(31(4,5)6,25-16-11-9-12-17-25)26-18-13-10-14-19-26/h1,9-14,16-19,27-30H,8,15,20-23H2,2-6H3/t27-,28-,29-,30+/m1/s1. The van der Waals surface area contributed by atoms with Crippen LogP contribution in [0.4, 0.5) is 0 Å². The molecule has 1 fully saturated rings. The van der Waals surface area contributed by atoms with E-state index in [2.05, 4.69) is 75.2 Å². The third kappa shape index (κ3) is 6.91. The molecule has 0 spiro atoms. The van der Waals surface area contributed by atoms with Crippen molar-refractivity contribution >= 4 is 24.7 Å². The van der Waals surface area contributed by atoms with Crippen molar-refractivity contribution < 1.29 is 23.4 Å². The number of hydrogen-bond donors (Lipinski definition) is 0. The Morgan fingerprint density at radius 2 is 1.57 bits per heavy atom. The molecule has 0 N–H and O–H groups in total. The maximum atomic E-state index is 11.9. The molecular weight excluding hydrogens is 480 g/mol. The number of rotatable bonds is 12. The van der Waals surface area contributed by atoms with Crippen LogP contribution in [-0.4, -0.2) is 52.9 Å². The average Bonchev–Trinajstić information content (AvgIpc) is 3.18. The van der Waals surface area contributed by atoms with Gasteiger partial charge in [-0.05, 0) is 22.3 Å². The van der Waals surface area contributed by atoms with Gasteiger partial charge in [-0.15, -0.1) is 12.3 Å². The minimum Gasteiger partial charge on any atom is -0.462 e. The largest absolute Gasteiger partial charge is 0.462 e. The molecule has 0 bridgehead atoms. The maximum absolute atomic E-state index is 11.9. The fourth-order valence-electron chi connectivity index (χ4n) is 5.71. The molecule has 2 aromatic rings. The zero-order valence-corrected chi connectivity index (χ0v) is 23.9. The van der Waals surface area contributed by atoms with Gasteiger partial charge in [0.1, 0.15) is 6.10 Å². The van der Waals surface area contributed by atoms with Gasteiger partial charge in [0.05, 0.1) is 19.3 Å². The Balaban J connectivity index is 1.99. The molecule has 0 saturated heterocycles. The van der Waals surface area contributed by atoms with Gasteiger partial charge >= 0.3 is 5.97 Å². The van der Waals surface area contributed by atoms with Crippen LogP contribution in [0.25, 0.3) is 0 Å². The molecule has 5 nitrogen and oxygen atoms in total. The Bertz CT molecular complexity index is 972. The molecule has 0 aromatic heterocycles. The Morgan fingerprint density at radius 1 is 0.973 bits per heavy atom. The zero-order valence-electron chi connectivity index (χ0n) is 22.9. The fourth-order valence-corrected chi connectivity index (χ4v) is 10.3. The van der Waals surface area contributed by atoms with Gasteiger partial charge in [0.15, 0.2) is 0 Å². The summed E-state index contributed by atoms with van der Waals surface area (Å²) < 4.78 is 24.8. The maximum Gasteiger partial charge on any atom is 0.302 e. The Kier molecular flexibility index (Phi) is 10.5. The van der Waals surface area contributed by atoms with Crippen molar-refractivity contribution in [2.75, 3.05) is 26.4 Å². The predicted molar refractivity (Wildman–Crippen MR) is 150 cm³/mol. The van der Waals surface area contributed by atoms with E-state index in [1.807, 2.05) is 19.1 Å². The lowest BCUT2D eigenvalue weighted by Gasteiger charge is -2.44. The monoisotopic (exact) mass is 522 g/mol. The van der Waals surface area contributed by atoms with Crippen LogP contribution in [0.1, 0.15) is 47.5 Å². The lowest BCUT2D eigenvalue weighted by molar-refractivity contribution is -0.148. The molecule has 200 valence electrons. The number of carbonyl (C=O) groups excluding carboxylic acids is 1. The Hall–Kier alpha value is -2.43. The van der Waals surface area contributed by atoms with Gasteiger partial charge < -0.3 is 18.6 Å². The van der Waals surface area contributed by atoms with Crippen LogP contribution >= 0.6 is 0 Å². The van der Waals surface area contributed by atoms with E-state index in [1.54, 1.807) is 0 Å². The summed E-state index contributed by atoms with van der Waals surface area (Å²) in [7, 11) is -2.74. The van der Waals surface area contributed by atoms with Crippen LogP contribution < -0.4 is 10.4 Å². The van der Waals surface area contributed by atoms with E-state index >= 15 is 0 Å². The van der Waals surface area contributed by atoms with Gasteiger partial charge in [-0.2, -0.15) is 0 Å². The summed E-state index contributed by atoms with van der Waals surface area (Å²) >= 11 is 0. The second kappa shape index (κ2) is 13.4. The molecule has 1 aliphatic carbocycles. The van der Waals surface area contributed by atoms with Gasteiger partial charge in [0.25, 0.3) is 8.32 Å².